The molecule has 90 valence electrons. The summed E-state index contributed by atoms with van der Waals surface area (Å²) in [7, 11) is 0. The Morgan fingerprint density at radius 3 is 2.71 bits per heavy atom. The Labute approximate surface area is 109 Å². The molecular formula is C13H13BrO3. The highest BCUT2D eigenvalue weighted by Gasteiger charge is 2.15. The molecule has 0 fully saturated rings. The van der Waals surface area contributed by atoms with Crippen molar-refractivity contribution in [3.8, 4) is 11.5 Å². The van der Waals surface area contributed by atoms with Gasteiger partial charge in [-0.2, -0.15) is 0 Å². The maximum absolute atomic E-state index is 11.2. The zero-order valence-electron chi connectivity index (χ0n) is 9.75. The van der Waals surface area contributed by atoms with Gasteiger partial charge in [0.2, 0.25) is 0 Å². The van der Waals surface area contributed by atoms with Crippen LogP contribution in [0.1, 0.15) is 19.4 Å². The quantitative estimate of drug-likeness (QED) is 0.786. The highest BCUT2D eigenvalue weighted by atomic mass is 79.9. The number of hydrogen-bond donors (Lipinski definition) is 0. The van der Waals surface area contributed by atoms with Crippen molar-refractivity contribution in [2.45, 2.75) is 13.8 Å². The maximum atomic E-state index is 11.2. The molecule has 0 radical (unpaired) electrons. The van der Waals surface area contributed by atoms with E-state index >= 15 is 0 Å². The smallest absolute Gasteiger partial charge is 0.175 e. The lowest BCUT2D eigenvalue weighted by molar-refractivity contribution is -0.113. The molecule has 0 atom stereocenters. The molecule has 3 nitrogen and oxygen atoms in total. The summed E-state index contributed by atoms with van der Waals surface area (Å²) in [6.07, 6.45) is 1.84. The van der Waals surface area contributed by atoms with Crippen LogP contribution in [0.5, 0.6) is 11.5 Å². The summed E-state index contributed by atoms with van der Waals surface area (Å²) < 4.78 is 11.9. The number of carbonyl (C=O) groups is 1. The molecule has 0 spiro atoms. The lowest BCUT2D eigenvalue weighted by Crippen LogP contribution is -2.15. The second-order valence-electron chi connectivity index (χ2n) is 3.91. The molecule has 0 aromatic heterocycles. The minimum atomic E-state index is 0.0658. The molecule has 1 aliphatic heterocycles. The second-order valence-corrected chi connectivity index (χ2v) is 4.76. The average Bonchev–Trinajstić information content (AvgIpc) is 2.29. The molecule has 0 amide bonds. The molecule has 1 aromatic carbocycles. The van der Waals surface area contributed by atoms with E-state index in [0.717, 1.165) is 15.8 Å². The van der Waals surface area contributed by atoms with Gasteiger partial charge in [0.25, 0.3) is 0 Å². The van der Waals surface area contributed by atoms with Crippen molar-refractivity contribution in [3.63, 3.8) is 0 Å². The standard InChI is InChI=1S/C13H13BrO3/c1-8(9(2)15)5-10-6-11(14)13-12(7-10)16-3-4-17-13/h5-7H,3-4H2,1-2H3/b8-5+. The monoisotopic (exact) mass is 296 g/mol. The fourth-order valence-electron chi connectivity index (χ4n) is 1.57. The van der Waals surface area contributed by atoms with Gasteiger partial charge in [0.05, 0.1) is 4.47 Å². The molecular weight excluding hydrogens is 284 g/mol. The highest BCUT2D eigenvalue weighted by molar-refractivity contribution is 9.10. The van der Waals surface area contributed by atoms with E-state index in [4.69, 9.17) is 9.47 Å². The molecule has 17 heavy (non-hydrogen) atoms. The maximum Gasteiger partial charge on any atom is 0.175 e. The first-order valence-electron chi connectivity index (χ1n) is 5.36. The van der Waals surface area contributed by atoms with Gasteiger partial charge in [0.1, 0.15) is 13.2 Å². The number of halogens is 1. The first-order valence-corrected chi connectivity index (χ1v) is 6.15. The summed E-state index contributed by atoms with van der Waals surface area (Å²) >= 11 is 3.44. The molecule has 4 heteroatoms. The van der Waals surface area contributed by atoms with Gasteiger partial charge in [-0.3, -0.25) is 4.79 Å². The minimum absolute atomic E-state index is 0.0658. The Morgan fingerprint density at radius 2 is 2.00 bits per heavy atom. The van der Waals surface area contributed by atoms with Crippen molar-refractivity contribution < 1.29 is 14.3 Å². The average molecular weight is 297 g/mol. The van der Waals surface area contributed by atoms with Gasteiger partial charge in [0, 0.05) is 0 Å². The van der Waals surface area contributed by atoms with E-state index in [-0.39, 0.29) is 5.78 Å². The van der Waals surface area contributed by atoms with Crippen LogP contribution < -0.4 is 9.47 Å². The number of benzene rings is 1. The zero-order valence-corrected chi connectivity index (χ0v) is 11.3. The van der Waals surface area contributed by atoms with E-state index < -0.39 is 0 Å². The number of allylic oxidation sites excluding steroid dienone is 1. The number of Topliss-reactive ketones (excluding diaryl/α,β-unsaturated/α-hetero) is 1. The summed E-state index contributed by atoms with van der Waals surface area (Å²) in [5.41, 5.74) is 1.64. The summed E-state index contributed by atoms with van der Waals surface area (Å²) in [6, 6.07) is 3.80. The van der Waals surface area contributed by atoms with Crippen molar-refractivity contribution in [1.29, 1.82) is 0 Å². The molecule has 0 saturated carbocycles. The molecule has 2 rings (SSSR count). The number of rotatable bonds is 2. The van der Waals surface area contributed by atoms with Crippen LogP contribution in [0.2, 0.25) is 0 Å². The third kappa shape index (κ3) is 2.69. The number of ketones is 1. The summed E-state index contributed by atoms with van der Waals surface area (Å²) in [6.45, 7) is 4.47. The Kier molecular flexibility index (Phi) is 3.52. The van der Waals surface area contributed by atoms with E-state index in [0.29, 0.717) is 24.5 Å². The fourth-order valence-corrected chi connectivity index (χ4v) is 2.14. The van der Waals surface area contributed by atoms with E-state index in [2.05, 4.69) is 15.9 Å². The van der Waals surface area contributed by atoms with Crippen LogP contribution in [0.25, 0.3) is 6.08 Å². The van der Waals surface area contributed by atoms with Crippen molar-refractivity contribution in [3.05, 3.63) is 27.7 Å². The minimum Gasteiger partial charge on any atom is -0.486 e. The van der Waals surface area contributed by atoms with Gasteiger partial charge in [-0.1, -0.05) is 0 Å². The van der Waals surface area contributed by atoms with Crippen LogP contribution >= 0.6 is 15.9 Å². The topological polar surface area (TPSA) is 35.5 Å². The third-order valence-corrected chi connectivity index (χ3v) is 3.15. The zero-order chi connectivity index (χ0) is 12.4. The molecule has 1 heterocycles. The molecule has 1 aromatic rings. The van der Waals surface area contributed by atoms with Crippen LogP contribution in [-0.2, 0) is 4.79 Å². The van der Waals surface area contributed by atoms with Crippen molar-refractivity contribution in [1.82, 2.24) is 0 Å². The Morgan fingerprint density at radius 1 is 1.29 bits per heavy atom. The summed E-state index contributed by atoms with van der Waals surface area (Å²) in [4.78, 5) is 11.2. The van der Waals surface area contributed by atoms with Crippen molar-refractivity contribution >= 4 is 27.8 Å². The molecule has 0 saturated heterocycles. The number of carbonyl (C=O) groups excluding carboxylic acids is 1. The first kappa shape index (κ1) is 12.2. The van der Waals surface area contributed by atoms with E-state index in [1.54, 1.807) is 13.8 Å². The molecule has 0 unspecified atom stereocenters. The predicted molar refractivity (Wildman–Crippen MR) is 69.5 cm³/mol. The predicted octanol–water partition coefficient (Wildman–Crippen LogP) is 3.21. The van der Waals surface area contributed by atoms with Gasteiger partial charge in [-0.05, 0) is 59.1 Å². The van der Waals surface area contributed by atoms with Gasteiger partial charge in [-0.25, -0.2) is 0 Å². The first-order chi connectivity index (χ1) is 8.08. The lowest BCUT2D eigenvalue weighted by atomic mass is 10.1. The largest absolute Gasteiger partial charge is 0.486 e. The van der Waals surface area contributed by atoms with Crippen LogP contribution in [0.15, 0.2) is 22.2 Å². The van der Waals surface area contributed by atoms with E-state index in [9.17, 15) is 4.79 Å². The normalized spacial score (nSPS) is 14.6. The van der Waals surface area contributed by atoms with Crippen LogP contribution in [0.3, 0.4) is 0 Å². The Bertz CT molecular complexity index is 492. The van der Waals surface area contributed by atoms with Crippen LogP contribution in [-0.4, -0.2) is 19.0 Å². The highest BCUT2D eigenvalue weighted by Crippen LogP contribution is 2.38. The third-order valence-electron chi connectivity index (χ3n) is 2.56. The van der Waals surface area contributed by atoms with Gasteiger partial charge in [0.15, 0.2) is 17.3 Å². The van der Waals surface area contributed by atoms with Crippen LogP contribution in [0.4, 0.5) is 0 Å². The fraction of sp³-hybridized carbons (Fsp3) is 0.308. The molecule has 0 N–H and O–H groups in total. The summed E-state index contributed by atoms with van der Waals surface area (Å²) in [5, 5.41) is 0. The van der Waals surface area contributed by atoms with Crippen molar-refractivity contribution in [2.75, 3.05) is 13.2 Å². The SMILES string of the molecule is CC(=O)/C(C)=C/c1cc(Br)c2c(c1)OCCO2. The lowest BCUT2D eigenvalue weighted by Gasteiger charge is -2.20. The number of fused-ring (bicyclic) bond motifs is 1. The van der Waals surface area contributed by atoms with Gasteiger partial charge >= 0.3 is 0 Å². The van der Waals surface area contributed by atoms with E-state index in [1.807, 2.05) is 18.2 Å². The van der Waals surface area contributed by atoms with Gasteiger partial charge in [-0.15, -0.1) is 0 Å². The summed E-state index contributed by atoms with van der Waals surface area (Å²) in [5.74, 6) is 1.51. The van der Waals surface area contributed by atoms with Crippen LogP contribution in [0, 0.1) is 0 Å². The molecule has 0 bridgehead atoms. The van der Waals surface area contributed by atoms with Crippen molar-refractivity contribution in [2.24, 2.45) is 0 Å². The Hall–Kier alpha value is -1.29. The van der Waals surface area contributed by atoms with Gasteiger partial charge < -0.3 is 9.47 Å². The second kappa shape index (κ2) is 4.92. The van der Waals surface area contributed by atoms with E-state index in [1.165, 1.54) is 0 Å². The molecule has 1 aliphatic rings. The number of hydrogen-bond acceptors (Lipinski definition) is 3. The molecule has 0 aliphatic carbocycles. The Balaban J connectivity index is 2.41. The number of ether oxygens (including phenoxy) is 2.